The molecule has 0 aliphatic heterocycles. The molecule has 1 rings (SSSR count). The molecule has 0 saturated carbocycles. The second-order valence-electron chi connectivity index (χ2n) is 5.56. The van der Waals surface area contributed by atoms with Gasteiger partial charge in [-0.1, -0.05) is 26.0 Å². The lowest BCUT2D eigenvalue weighted by atomic mass is 10.1. The molecule has 5 nitrogen and oxygen atoms in total. The number of ether oxygens (including phenoxy) is 1. The Hall–Kier alpha value is -2.04. The molecule has 0 amide bonds. The van der Waals surface area contributed by atoms with Gasteiger partial charge in [0.15, 0.2) is 5.96 Å². The van der Waals surface area contributed by atoms with Gasteiger partial charge in [-0.15, -0.1) is 0 Å². The van der Waals surface area contributed by atoms with E-state index in [1.54, 1.807) is 12.1 Å². The Bertz CT molecular complexity index is 495. The first-order valence-corrected chi connectivity index (χ1v) is 7.70. The van der Waals surface area contributed by atoms with E-state index in [1.807, 2.05) is 19.1 Å². The van der Waals surface area contributed by atoms with Gasteiger partial charge in [0, 0.05) is 12.6 Å². The van der Waals surface area contributed by atoms with Gasteiger partial charge >= 0.3 is 5.97 Å². The van der Waals surface area contributed by atoms with Gasteiger partial charge in [-0.3, -0.25) is 0 Å². The summed E-state index contributed by atoms with van der Waals surface area (Å²) in [6.07, 6.45) is 0. The van der Waals surface area contributed by atoms with Crippen LogP contribution in [0.2, 0.25) is 0 Å². The normalized spacial score (nSPS) is 12.9. The minimum atomic E-state index is -0.323. The summed E-state index contributed by atoms with van der Waals surface area (Å²) in [4.78, 5) is 16.0. The molecule has 0 spiro atoms. The minimum Gasteiger partial charge on any atom is -0.465 e. The molecular weight excluding hydrogens is 278 g/mol. The molecule has 2 N–H and O–H groups in total. The highest BCUT2D eigenvalue weighted by atomic mass is 16.5. The summed E-state index contributed by atoms with van der Waals surface area (Å²) in [5.74, 6) is 1.01. The molecule has 0 saturated heterocycles. The van der Waals surface area contributed by atoms with Crippen molar-refractivity contribution in [3.63, 3.8) is 0 Å². The molecule has 122 valence electrons. The van der Waals surface area contributed by atoms with Crippen molar-refractivity contribution in [2.75, 3.05) is 13.7 Å². The molecule has 5 heteroatoms. The Labute approximate surface area is 133 Å². The van der Waals surface area contributed by atoms with Crippen molar-refractivity contribution < 1.29 is 9.53 Å². The maximum Gasteiger partial charge on any atom is 0.337 e. The highest BCUT2D eigenvalue weighted by molar-refractivity contribution is 5.89. The Morgan fingerprint density at radius 3 is 2.36 bits per heavy atom. The fraction of sp³-hybridized carbons (Fsp3) is 0.529. The van der Waals surface area contributed by atoms with Gasteiger partial charge in [0.25, 0.3) is 0 Å². The smallest absolute Gasteiger partial charge is 0.337 e. The summed E-state index contributed by atoms with van der Waals surface area (Å²) in [6, 6.07) is 7.65. The first kappa shape index (κ1) is 18.0. The summed E-state index contributed by atoms with van der Waals surface area (Å²) in [5, 5.41) is 6.63. The van der Waals surface area contributed by atoms with Crippen LogP contribution in [0.15, 0.2) is 29.3 Å². The third-order valence-electron chi connectivity index (χ3n) is 3.50. The maximum atomic E-state index is 11.4. The number of hydrogen-bond acceptors (Lipinski definition) is 3. The number of hydrogen-bond donors (Lipinski definition) is 2. The highest BCUT2D eigenvalue weighted by Gasteiger charge is 2.09. The van der Waals surface area contributed by atoms with Crippen molar-refractivity contribution in [3.8, 4) is 0 Å². The topological polar surface area (TPSA) is 62.7 Å². The van der Waals surface area contributed by atoms with Crippen molar-refractivity contribution in [3.05, 3.63) is 35.4 Å². The fourth-order valence-corrected chi connectivity index (χ4v) is 1.74. The molecule has 0 aromatic heterocycles. The molecule has 1 unspecified atom stereocenters. The van der Waals surface area contributed by atoms with E-state index in [1.165, 1.54) is 7.11 Å². The standard InChI is InChI=1S/C17H27N3O2/c1-6-18-17(20-13(4)12(2)3)19-11-14-7-9-15(10-8-14)16(21)22-5/h7-10,12-13H,6,11H2,1-5H3,(H2,18,19,20). The molecule has 1 atom stereocenters. The van der Waals surface area contributed by atoms with Crippen LogP contribution in [0.1, 0.15) is 43.6 Å². The number of carbonyl (C=O) groups excluding carboxylic acids is 1. The second kappa shape index (κ2) is 9.07. The number of nitrogens with zero attached hydrogens (tertiary/aromatic N) is 1. The highest BCUT2D eigenvalue weighted by Crippen LogP contribution is 2.07. The van der Waals surface area contributed by atoms with Crippen molar-refractivity contribution in [2.45, 2.75) is 40.3 Å². The number of guanidine groups is 1. The molecule has 22 heavy (non-hydrogen) atoms. The number of esters is 1. The molecule has 0 fully saturated rings. The van der Waals surface area contributed by atoms with Gasteiger partial charge in [0.2, 0.25) is 0 Å². The van der Waals surface area contributed by atoms with Crippen molar-refractivity contribution in [2.24, 2.45) is 10.9 Å². The van der Waals surface area contributed by atoms with Crippen molar-refractivity contribution in [1.82, 2.24) is 10.6 Å². The van der Waals surface area contributed by atoms with E-state index < -0.39 is 0 Å². The predicted molar refractivity (Wildman–Crippen MR) is 90.0 cm³/mol. The van der Waals surface area contributed by atoms with Crippen LogP contribution in [0, 0.1) is 5.92 Å². The van der Waals surface area contributed by atoms with Crippen LogP contribution >= 0.6 is 0 Å². The summed E-state index contributed by atoms with van der Waals surface area (Å²) in [5.41, 5.74) is 1.59. The van der Waals surface area contributed by atoms with Crippen LogP contribution in [0.3, 0.4) is 0 Å². The third kappa shape index (κ3) is 5.76. The van der Waals surface area contributed by atoms with Gasteiger partial charge in [0.05, 0.1) is 19.2 Å². The van der Waals surface area contributed by atoms with Gasteiger partial charge in [0.1, 0.15) is 0 Å². The van der Waals surface area contributed by atoms with E-state index in [2.05, 4.69) is 41.1 Å². The Morgan fingerprint density at radius 2 is 1.86 bits per heavy atom. The minimum absolute atomic E-state index is 0.323. The van der Waals surface area contributed by atoms with Crippen molar-refractivity contribution in [1.29, 1.82) is 0 Å². The Morgan fingerprint density at radius 1 is 1.23 bits per heavy atom. The summed E-state index contributed by atoms with van der Waals surface area (Å²) < 4.78 is 4.69. The van der Waals surface area contributed by atoms with Gasteiger partial charge < -0.3 is 15.4 Å². The van der Waals surface area contributed by atoms with Crippen LogP contribution in [0.25, 0.3) is 0 Å². The number of benzene rings is 1. The molecule has 1 aromatic carbocycles. The van der Waals surface area contributed by atoms with Gasteiger partial charge in [-0.05, 0) is 37.5 Å². The van der Waals surface area contributed by atoms with Gasteiger partial charge in [-0.25, -0.2) is 9.79 Å². The first-order valence-electron chi connectivity index (χ1n) is 7.70. The fourth-order valence-electron chi connectivity index (χ4n) is 1.74. The zero-order valence-electron chi connectivity index (χ0n) is 14.1. The molecule has 0 radical (unpaired) electrons. The average Bonchev–Trinajstić information content (AvgIpc) is 2.52. The second-order valence-corrected chi connectivity index (χ2v) is 5.56. The van der Waals surface area contributed by atoms with Crippen LogP contribution in [0.4, 0.5) is 0 Å². The van der Waals surface area contributed by atoms with Crippen LogP contribution < -0.4 is 10.6 Å². The SMILES string of the molecule is CCNC(=NCc1ccc(C(=O)OC)cc1)NC(C)C(C)C. The number of nitrogens with one attached hydrogen (secondary N) is 2. The molecule has 1 aromatic rings. The summed E-state index contributed by atoms with van der Waals surface area (Å²) in [7, 11) is 1.38. The quantitative estimate of drug-likeness (QED) is 0.482. The largest absolute Gasteiger partial charge is 0.465 e. The first-order chi connectivity index (χ1) is 10.5. The third-order valence-corrected chi connectivity index (χ3v) is 3.50. The monoisotopic (exact) mass is 305 g/mol. The lowest BCUT2D eigenvalue weighted by molar-refractivity contribution is 0.0600. The van der Waals surface area contributed by atoms with E-state index in [0.29, 0.717) is 24.1 Å². The summed E-state index contributed by atoms with van der Waals surface area (Å²) in [6.45, 7) is 9.91. The lowest BCUT2D eigenvalue weighted by Gasteiger charge is -2.20. The van der Waals surface area contributed by atoms with Crippen LogP contribution in [-0.2, 0) is 11.3 Å². The zero-order chi connectivity index (χ0) is 16.5. The molecule has 0 bridgehead atoms. The Kier molecular flexibility index (Phi) is 7.43. The lowest BCUT2D eigenvalue weighted by Crippen LogP contribution is -2.44. The van der Waals surface area contributed by atoms with E-state index in [4.69, 9.17) is 0 Å². The van der Waals surface area contributed by atoms with Gasteiger partial charge in [-0.2, -0.15) is 0 Å². The maximum absolute atomic E-state index is 11.4. The predicted octanol–water partition coefficient (Wildman–Crippen LogP) is 2.57. The number of rotatable bonds is 6. The average molecular weight is 305 g/mol. The molecule has 0 aliphatic carbocycles. The zero-order valence-corrected chi connectivity index (χ0v) is 14.1. The van der Waals surface area contributed by atoms with Crippen LogP contribution in [0.5, 0.6) is 0 Å². The Balaban J connectivity index is 2.71. The summed E-state index contributed by atoms with van der Waals surface area (Å²) >= 11 is 0. The number of methoxy groups -OCH3 is 1. The van der Waals surface area contributed by atoms with E-state index in [-0.39, 0.29) is 5.97 Å². The van der Waals surface area contributed by atoms with E-state index in [0.717, 1.165) is 18.1 Å². The van der Waals surface area contributed by atoms with E-state index in [9.17, 15) is 4.79 Å². The number of carbonyl (C=O) groups is 1. The van der Waals surface area contributed by atoms with Crippen LogP contribution in [-0.4, -0.2) is 31.6 Å². The molecule has 0 aliphatic rings. The molecular formula is C17H27N3O2. The van der Waals surface area contributed by atoms with Crippen molar-refractivity contribution >= 4 is 11.9 Å². The van der Waals surface area contributed by atoms with E-state index >= 15 is 0 Å². The number of aliphatic imine (C=N–C) groups is 1. The molecule has 0 heterocycles.